The van der Waals surface area contributed by atoms with Crippen LogP contribution in [0.3, 0.4) is 0 Å². The van der Waals surface area contributed by atoms with E-state index in [0.29, 0.717) is 16.2 Å². The average molecular weight is 546 g/mol. The van der Waals surface area contributed by atoms with Crippen LogP contribution in [0.5, 0.6) is 11.6 Å². The lowest BCUT2D eigenvalue weighted by Crippen LogP contribution is -2.35. The van der Waals surface area contributed by atoms with E-state index in [9.17, 15) is 24.8 Å². The summed E-state index contributed by atoms with van der Waals surface area (Å²) in [6, 6.07) is 16.3. The van der Waals surface area contributed by atoms with Crippen molar-refractivity contribution in [1.82, 2.24) is 9.47 Å². The standard InChI is InChI=1S/C28H23N3O5S2/c1-16-4-6-18(7-5-16)12-23-26(34)31(28(37)38-23)15-22(32)24-17(2)21(13-29)25(33)30(27(24)35)14-19-8-10-20(36-3)11-9-19/h4-12,35H,14-15H2,1-3H3/b23-12-. The number of thioether (sulfide) groups is 1. The van der Waals surface area contributed by atoms with E-state index in [0.717, 1.165) is 32.4 Å². The first-order valence-electron chi connectivity index (χ1n) is 11.5. The van der Waals surface area contributed by atoms with Gasteiger partial charge in [0.05, 0.1) is 30.7 Å². The summed E-state index contributed by atoms with van der Waals surface area (Å²) in [7, 11) is 1.53. The van der Waals surface area contributed by atoms with Crippen LogP contribution in [0, 0.1) is 25.2 Å². The van der Waals surface area contributed by atoms with Crippen molar-refractivity contribution in [3.8, 4) is 17.7 Å². The average Bonchev–Trinajstić information content (AvgIpc) is 3.15. The minimum atomic E-state index is -0.721. The first-order chi connectivity index (χ1) is 18.1. The summed E-state index contributed by atoms with van der Waals surface area (Å²) in [5, 5.41) is 20.7. The number of ketones is 1. The lowest BCUT2D eigenvalue weighted by atomic mass is 10.0. The number of rotatable bonds is 7. The number of ether oxygens (including phenoxy) is 1. The number of nitriles is 1. The monoisotopic (exact) mass is 545 g/mol. The molecule has 1 aliphatic heterocycles. The number of aromatic hydroxyl groups is 1. The topological polar surface area (TPSA) is 113 Å². The molecule has 8 nitrogen and oxygen atoms in total. The van der Waals surface area contributed by atoms with Gasteiger partial charge in [0.1, 0.15) is 21.7 Å². The van der Waals surface area contributed by atoms with Crippen molar-refractivity contribution in [2.75, 3.05) is 13.7 Å². The Labute approximate surface area is 228 Å². The largest absolute Gasteiger partial charge is 0.497 e. The Balaban J connectivity index is 1.66. The van der Waals surface area contributed by atoms with Gasteiger partial charge in [-0.3, -0.25) is 23.9 Å². The van der Waals surface area contributed by atoms with E-state index in [1.54, 1.807) is 30.3 Å². The number of aryl methyl sites for hydroxylation is 1. The molecule has 0 spiro atoms. The lowest BCUT2D eigenvalue weighted by Gasteiger charge is -2.18. The quantitative estimate of drug-likeness (QED) is 0.267. The highest BCUT2D eigenvalue weighted by atomic mass is 32.2. The predicted octanol–water partition coefficient (Wildman–Crippen LogP) is 4.18. The van der Waals surface area contributed by atoms with E-state index < -0.39 is 29.7 Å². The molecule has 4 rings (SSSR count). The second kappa shape index (κ2) is 11.0. The molecular formula is C28H23N3O5S2. The molecule has 10 heteroatoms. The number of aromatic nitrogens is 1. The fraction of sp³-hybridized carbons (Fsp3) is 0.179. The number of Topliss-reactive ketones (excluding diaryl/α,β-unsaturated/α-hetero) is 1. The number of hydrogen-bond acceptors (Lipinski definition) is 8. The fourth-order valence-corrected chi connectivity index (χ4v) is 5.27. The Kier molecular flexibility index (Phi) is 7.80. The Morgan fingerprint density at radius 3 is 2.39 bits per heavy atom. The van der Waals surface area contributed by atoms with E-state index in [1.807, 2.05) is 37.3 Å². The lowest BCUT2D eigenvalue weighted by molar-refractivity contribution is -0.121. The van der Waals surface area contributed by atoms with Gasteiger partial charge in [0, 0.05) is 0 Å². The molecule has 2 aromatic carbocycles. The van der Waals surface area contributed by atoms with E-state index in [2.05, 4.69) is 0 Å². The first kappa shape index (κ1) is 26.9. The number of methoxy groups -OCH3 is 1. The van der Waals surface area contributed by atoms with Gasteiger partial charge in [0.2, 0.25) is 5.88 Å². The van der Waals surface area contributed by atoms with Gasteiger partial charge in [0.15, 0.2) is 5.78 Å². The molecule has 3 aromatic rings. The van der Waals surface area contributed by atoms with Gasteiger partial charge in [-0.1, -0.05) is 65.9 Å². The predicted molar refractivity (Wildman–Crippen MR) is 149 cm³/mol. The Morgan fingerprint density at radius 2 is 1.79 bits per heavy atom. The third-order valence-electron chi connectivity index (χ3n) is 6.13. The maximum Gasteiger partial charge on any atom is 0.271 e. The molecule has 1 aliphatic rings. The number of carbonyl (C=O) groups is 2. The molecule has 192 valence electrons. The number of thiocarbonyl (C=S) groups is 1. The van der Waals surface area contributed by atoms with Gasteiger partial charge in [-0.25, -0.2) is 0 Å². The summed E-state index contributed by atoms with van der Waals surface area (Å²) >= 11 is 6.44. The number of pyridine rings is 1. The Morgan fingerprint density at radius 1 is 1.13 bits per heavy atom. The van der Waals surface area contributed by atoms with Crippen LogP contribution in [0.2, 0.25) is 0 Å². The molecule has 0 bridgehead atoms. The molecule has 0 aliphatic carbocycles. The van der Waals surface area contributed by atoms with Crippen LogP contribution in [0.1, 0.15) is 38.2 Å². The smallest absolute Gasteiger partial charge is 0.271 e. The molecule has 0 saturated carbocycles. The van der Waals surface area contributed by atoms with Crippen molar-refractivity contribution in [3.05, 3.63) is 97.2 Å². The molecule has 1 amide bonds. The zero-order chi connectivity index (χ0) is 27.6. The molecule has 38 heavy (non-hydrogen) atoms. The van der Waals surface area contributed by atoms with Gasteiger partial charge in [-0.15, -0.1) is 0 Å². The third-order valence-corrected chi connectivity index (χ3v) is 7.51. The highest BCUT2D eigenvalue weighted by molar-refractivity contribution is 8.26. The van der Waals surface area contributed by atoms with Crippen molar-refractivity contribution in [3.63, 3.8) is 0 Å². The van der Waals surface area contributed by atoms with Crippen LogP contribution < -0.4 is 10.3 Å². The highest BCUT2D eigenvalue weighted by Gasteiger charge is 2.35. The third kappa shape index (κ3) is 5.25. The van der Waals surface area contributed by atoms with Crippen molar-refractivity contribution in [2.45, 2.75) is 20.4 Å². The number of benzene rings is 2. The number of hydrogen-bond donors (Lipinski definition) is 1. The van der Waals surface area contributed by atoms with Crippen LogP contribution in [-0.4, -0.2) is 44.2 Å². The van der Waals surface area contributed by atoms with Gasteiger partial charge < -0.3 is 9.84 Å². The van der Waals surface area contributed by atoms with Crippen molar-refractivity contribution >= 4 is 46.1 Å². The molecule has 0 radical (unpaired) electrons. The maximum atomic E-state index is 13.4. The summed E-state index contributed by atoms with van der Waals surface area (Å²) in [6.07, 6.45) is 1.70. The van der Waals surface area contributed by atoms with Crippen LogP contribution >= 0.6 is 24.0 Å². The van der Waals surface area contributed by atoms with E-state index in [4.69, 9.17) is 17.0 Å². The number of carbonyl (C=O) groups excluding carboxylic acids is 2. The highest BCUT2D eigenvalue weighted by Crippen LogP contribution is 2.33. The summed E-state index contributed by atoms with van der Waals surface area (Å²) < 4.78 is 6.32. The summed E-state index contributed by atoms with van der Waals surface area (Å²) in [6.45, 7) is 2.86. The summed E-state index contributed by atoms with van der Waals surface area (Å²) in [5.74, 6) is -1.04. The zero-order valence-electron chi connectivity index (χ0n) is 20.8. The van der Waals surface area contributed by atoms with E-state index in [-0.39, 0.29) is 27.6 Å². The van der Waals surface area contributed by atoms with Gasteiger partial charge in [-0.2, -0.15) is 5.26 Å². The molecule has 1 fully saturated rings. The van der Waals surface area contributed by atoms with Crippen molar-refractivity contribution in [2.24, 2.45) is 0 Å². The summed E-state index contributed by atoms with van der Waals surface area (Å²) in [5.41, 5.74) is 1.41. The van der Waals surface area contributed by atoms with Gasteiger partial charge in [0.25, 0.3) is 11.5 Å². The zero-order valence-corrected chi connectivity index (χ0v) is 22.5. The van der Waals surface area contributed by atoms with E-state index >= 15 is 0 Å². The normalized spacial score (nSPS) is 14.2. The second-order valence-corrected chi connectivity index (χ2v) is 10.3. The SMILES string of the molecule is COc1ccc(Cn2c(O)c(C(=O)CN3C(=O)/C(=C/c4ccc(C)cc4)SC3=S)c(C)c(C#N)c2=O)cc1. The van der Waals surface area contributed by atoms with E-state index in [1.165, 1.54) is 14.0 Å². The minimum Gasteiger partial charge on any atom is -0.497 e. The molecule has 0 atom stereocenters. The van der Waals surface area contributed by atoms with Crippen LogP contribution in [0.15, 0.2) is 58.2 Å². The Hall–Kier alpha value is -4.20. The molecule has 1 aromatic heterocycles. The number of amides is 1. The molecule has 0 unspecified atom stereocenters. The fourth-order valence-electron chi connectivity index (χ4n) is 4.02. The number of nitrogens with zero attached hydrogens (tertiary/aromatic N) is 3. The van der Waals surface area contributed by atoms with Gasteiger partial charge in [-0.05, 0) is 48.7 Å². The molecule has 1 saturated heterocycles. The maximum absolute atomic E-state index is 13.4. The minimum absolute atomic E-state index is 0.0478. The molecule has 1 N–H and O–H groups in total. The first-order valence-corrected chi connectivity index (χ1v) is 12.7. The van der Waals surface area contributed by atoms with Crippen molar-refractivity contribution < 1.29 is 19.4 Å². The van der Waals surface area contributed by atoms with Crippen LogP contribution in [0.25, 0.3) is 6.08 Å². The second-order valence-electron chi connectivity index (χ2n) is 8.65. The Bertz CT molecular complexity index is 1580. The molecule has 2 heterocycles. The van der Waals surface area contributed by atoms with Gasteiger partial charge >= 0.3 is 0 Å². The van der Waals surface area contributed by atoms with Crippen LogP contribution in [-0.2, 0) is 11.3 Å². The van der Waals surface area contributed by atoms with Crippen LogP contribution in [0.4, 0.5) is 0 Å². The van der Waals surface area contributed by atoms with Crippen molar-refractivity contribution in [1.29, 1.82) is 5.26 Å². The summed E-state index contributed by atoms with van der Waals surface area (Å²) in [4.78, 5) is 41.0. The molecular weight excluding hydrogens is 522 g/mol.